The Kier molecular flexibility index (Phi) is 6.16. The highest BCUT2D eigenvalue weighted by Crippen LogP contribution is 2.16. The Balaban J connectivity index is 2.51. The number of nitrogens with two attached hydrogens (primary N) is 1. The van der Waals surface area contributed by atoms with Gasteiger partial charge in [-0.1, -0.05) is 37.1 Å². The zero-order chi connectivity index (χ0) is 13.5. The molecule has 0 aliphatic carbocycles. The van der Waals surface area contributed by atoms with Crippen LogP contribution in [0, 0.1) is 5.92 Å². The van der Waals surface area contributed by atoms with Crippen molar-refractivity contribution in [3.05, 3.63) is 34.9 Å². The molecular formula is C14H21ClN2O. The largest absolute Gasteiger partial charge is 0.350 e. The van der Waals surface area contributed by atoms with Gasteiger partial charge in [-0.25, -0.2) is 0 Å². The third-order valence-electron chi connectivity index (χ3n) is 3.13. The minimum Gasteiger partial charge on any atom is -0.350 e. The first-order valence-corrected chi connectivity index (χ1v) is 6.69. The molecule has 0 fully saturated rings. The first kappa shape index (κ1) is 15.0. The molecule has 100 valence electrons. The number of carbonyl (C=O) groups excluding carboxylic acids is 1. The van der Waals surface area contributed by atoms with E-state index in [0.717, 1.165) is 12.0 Å². The summed E-state index contributed by atoms with van der Waals surface area (Å²) in [7, 11) is 0. The van der Waals surface area contributed by atoms with E-state index in [4.69, 9.17) is 17.3 Å². The summed E-state index contributed by atoms with van der Waals surface area (Å²) >= 11 is 5.83. The van der Waals surface area contributed by atoms with Gasteiger partial charge in [0, 0.05) is 11.4 Å². The molecule has 0 saturated heterocycles. The molecule has 1 amide bonds. The molecule has 3 nitrogen and oxygen atoms in total. The number of hydrogen-bond donors (Lipinski definition) is 2. The zero-order valence-corrected chi connectivity index (χ0v) is 11.7. The lowest BCUT2D eigenvalue weighted by Crippen LogP contribution is -2.30. The van der Waals surface area contributed by atoms with Crippen molar-refractivity contribution >= 4 is 17.5 Å². The summed E-state index contributed by atoms with van der Waals surface area (Å²) in [5.41, 5.74) is 6.65. The van der Waals surface area contributed by atoms with E-state index in [1.807, 2.05) is 38.1 Å². The van der Waals surface area contributed by atoms with Crippen molar-refractivity contribution in [3.8, 4) is 0 Å². The van der Waals surface area contributed by atoms with E-state index in [1.54, 1.807) is 0 Å². The highest BCUT2D eigenvalue weighted by Gasteiger charge is 2.13. The van der Waals surface area contributed by atoms with Gasteiger partial charge in [0.15, 0.2) is 0 Å². The SMILES string of the molecule is CCC(CN)CC(=O)N[C@H](C)c1ccc(Cl)cc1. The van der Waals surface area contributed by atoms with Crippen molar-refractivity contribution in [1.29, 1.82) is 0 Å². The van der Waals surface area contributed by atoms with E-state index in [2.05, 4.69) is 5.32 Å². The Hall–Kier alpha value is -1.06. The molecule has 1 rings (SSSR count). The maximum atomic E-state index is 11.8. The second-order valence-corrected chi connectivity index (χ2v) is 4.99. The van der Waals surface area contributed by atoms with Crippen LogP contribution in [0.3, 0.4) is 0 Å². The van der Waals surface area contributed by atoms with E-state index >= 15 is 0 Å². The fraction of sp³-hybridized carbons (Fsp3) is 0.500. The Morgan fingerprint density at radius 3 is 2.50 bits per heavy atom. The highest BCUT2D eigenvalue weighted by atomic mass is 35.5. The van der Waals surface area contributed by atoms with Crippen molar-refractivity contribution in [1.82, 2.24) is 5.32 Å². The maximum Gasteiger partial charge on any atom is 0.220 e. The Labute approximate surface area is 114 Å². The summed E-state index contributed by atoms with van der Waals surface area (Å²) in [5.74, 6) is 0.317. The van der Waals surface area contributed by atoms with Crippen LogP contribution < -0.4 is 11.1 Å². The fourth-order valence-corrected chi connectivity index (χ4v) is 1.92. The minimum atomic E-state index is -0.00922. The van der Waals surface area contributed by atoms with Crippen LogP contribution in [-0.4, -0.2) is 12.5 Å². The molecule has 2 atom stereocenters. The number of hydrogen-bond acceptors (Lipinski definition) is 2. The lowest BCUT2D eigenvalue weighted by molar-refractivity contribution is -0.122. The summed E-state index contributed by atoms with van der Waals surface area (Å²) in [5, 5.41) is 3.68. The average molecular weight is 269 g/mol. The summed E-state index contributed by atoms with van der Waals surface area (Å²) in [6, 6.07) is 7.49. The van der Waals surface area contributed by atoms with Crippen LogP contribution in [0.5, 0.6) is 0 Å². The van der Waals surface area contributed by atoms with Gasteiger partial charge in [0.25, 0.3) is 0 Å². The molecule has 3 N–H and O–H groups in total. The molecule has 1 unspecified atom stereocenters. The number of nitrogens with one attached hydrogen (secondary N) is 1. The van der Waals surface area contributed by atoms with Gasteiger partial charge in [-0.2, -0.15) is 0 Å². The van der Waals surface area contributed by atoms with Gasteiger partial charge >= 0.3 is 0 Å². The maximum absolute atomic E-state index is 11.8. The van der Waals surface area contributed by atoms with Crippen LogP contribution in [0.25, 0.3) is 0 Å². The van der Waals surface area contributed by atoms with Crippen molar-refractivity contribution in [3.63, 3.8) is 0 Å². The van der Waals surface area contributed by atoms with E-state index in [9.17, 15) is 4.79 Å². The zero-order valence-electron chi connectivity index (χ0n) is 10.9. The van der Waals surface area contributed by atoms with Gasteiger partial charge in [-0.05, 0) is 37.1 Å². The summed E-state index contributed by atoms with van der Waals surface area (Å²) in [6.45, 7) is 4.57. The average Bonchev–Trinajstić information content (AvgIpc) is 2.36. The normalized spacial score (nSPS) is 14.0. The summed E-state index contributed by atoms with van der Waals surface area (Å²) in [6.07, 6.45) is 1.42. The molecule has 0 heterocycles. The number of halogens is 1. The monoisotopic (exact) mass is 268 g/mol. The van der Waals surface area contributed by atoms with Crippen LogP contribution in [0.2, 0.25) is 5.02 Å². The summed E-state index contributed by atoms with van der Waals surface area (Å²) < 4.78 is 0. The standard InChI is InChI=1S/C14H21ClN2O/c1-3-11(9-16)8-14(18)17-10(2)12-4-6-13(15)7-5-12/h4-7,10-11H,3,8-9,16H2,1-2H3,(H,17,18)/t10-,11?/m1/s1. The second kappa shape index (κ2) is 7.39. The molecule has 1 aromatic rings. The lowest BCUT2D eigenvalue weighted by Gasteiger charge is -2.17. The lowest BCUT2D eigenvalue weighted by atomic mass is 10.0. The van der Waals surface area contributed by atoms with Gasteiger partial charge in [-0.15, -0.1) is 0 Å². The van der Waals surface area contributed by atoms with Gasteiger partial charge in [0.2, 0.25) is 5.91 Å². The highest BCUT2D eigenvalue weighted by molar-refractivity contribution is 6.30. The van der Waals surface area contributed by atoms with Crippen LogP contribution in [0.15, 0.2) is 24.3 Å². The minimum absolute atomic E-state index is 0.00922. The number of benzene rings is 1. The van der Waals surface area contributed by atoms with Crippen LogP contribution in [0.1, 0.15) is 38.3 Å². The second-order valence-electron chi connectivity index (χ2n) is 4.55. The third-order valence-corrected chi connectivity index (χ3v) is 3.38. The molecule has 0 bridgehead atoms. The quantitative estimate of drug-likeness (QED) is 0.834. The van der Waals surface area contributed by atoms with Crippen LogP contribution >= 0.6 is 11.6 Å². The number of carbonyl (C=O) groups is 1. The molecule has 0 spiro atoms. The molecule has 0 aromatic heterocycles. The van der Waals surface area contributed by atoms with Crippen molar-refractivity contribution < 1.29 is 4.79 Å². The van der Waals surface area contributed by atoms with Gasteiger partial charge in [0.1, 0.15) is 0 Å². The van der Waals surface area contributed by atoms with E-state index in [0.29, 0.717) is 18.0 Å². The summed E-state index contributed by atoms with van der Waals surface area (Å²) in [4.78, 5) is 11.8. The molecule has 18 heavy (non-hydrogen) atoms. The number of rotatable bonds is 6. The first-order valence-electron chi connectivity index (χ1n) is 6.31. The van der Waals surface area contributed by atoms with Gasteiger partial charge in [0.05, 0.1) is 6.04 Å². The molecule has 4 heteroatoms. The van der Waals surface area contributed by atoms with Crippen molar-refractivity contribution in [2.75, 3.05) is 6.54 Å². The van der Waals surface area contributed by atoms with Crippen molar-refractivity contribution in [2.45, 2.75) is 32.7 Å². The predicted molar refractivity (Wildman–Crippen MR) is 75.5 cm³/mol. The topological polar surface area (TPSA) is 55.1 Å². The molecule has 0 aliphatic rings. The smallest absolute Gasteiger partial charge is 0.220 e. The fourth-order valence-electron chi connectivity index (χ4n) is 1.79. The first-order chi connectivity index (χ1) is 8.56. The van der Waals surface area contributed by atoms with Gasteiger partial charge in [-0.3, -0.25) is 4.79 Å². The Bertz CT molecular complexity index is 374. The van der Waals surface area contributed by atoms with E-state index < -0.39 is 0 Å². The molecule has 0 saturated carbocycles. The third kappa shape index (κ3) is 4.67. The number of amides is 1. The van der Waals surface area contributed by atoms with Crippen molar-refractivity contribution in [2.24, 2.45) is 11.7 Å². The van der Waals surface area contributed by atoms with E-state index in [-0.39, 0.29) is 17.9 Å². The van der Waals surface area contributed by atoms with Gasteiger partial charge < -0.3 is 11.1 Å². The van der Waals surface area contributed by atoms with E-state index in [1.165, 1.54) is 0 Å². The molecule has 1 aromatic carbocycles. The predicted octanol–water partition coefficient (Wildman–Crippen LogP) is 2.89. The Morgan fingerprint density at radius 1 is 1.39 bits per heavy atom. The molecule has 0 radical (unpaired) electrons. The van der Waals surface area contributed by atoms with Crippen LogP contribution in [-0.2, 0) is 4.79 Å². The molecule has 0 aliphatic heterocycles. The molecular weight excluding hydrogens is 248 g/mol. The van der Waals surface area contributed by atoms with Crippen LogP contribution in [0.4, 0.5) is 0 Å². The Morgan fingerprint density at radius 2 is 2.00 bits per heavy atom.